The molecule has 0 radical (unpaired) electrons. The number of hydrogen-bond donors (Lipinski definition) is 2. The minimum Gasteiger partial charge on any atom is -0.355 e. The number of hydrogen-bond acceptors (Lipinski definition) is 6. The molecule has 3 aromatic heterocycles. The highest BCUT2D eigenvalue weighted by molar-refractivity contribution is 7.99. The second kappa shape index (κ2) is 9.23. The quantitative estimate of drug-likeness (QED) is 0.395. The zero-order valence-electron chi connectivity index (χ0n) is 17.8. The van der Waals surface area contributed by atoms with Crippen molar-refractivity contribution in [1.29, 1.82) is 0 Å². The van der Waals surface area contributed by atoms with Gasteiger partial charge in [0, 0.05) is 18.0 Å². The van der Waals surface area contributed by atoms with Crippen LogP contribution in [0.3, 0.4) is 0 Å². The van der Waals surface area contributed by atoms with Crippen molar-refractivity contribution in [2.75, 3.05) is 6.54 Å². The van der Waals surface area contributed by atoms with Crippen molar-refractivity contribution in [3.8, 4) is 0 Å². The number of nitrogens with zero attached hydrogens (tertiary/aromatic N) is 3. The van der Waals surface area contributed by atoms with Gasteiger partial charge in [-0.05, 0) is 44.9 Å². The predicted octanol–water partition coefficient (Wildman–Crippen LogP) is 3.78. The molecule has 0 saturated carbocycles. The summed E-state index contributed by atoms with van der Waals surface area (Å²) in [6, 6.07) is 8.02. The van der Waals surface area contributed by atoms with Crippen molar-refractivity contribution in [1.82, 2.24) is 24.8 Å². The molecule has 0 fully saturated rings. The monoisotopic (exact) mass is 455 g/mol. The molecule has 2 N–H and O–H groups in total. The topological polar surface area (TPSA) is 92.7 Å². The fraction of sp³-hybridized carbons (Fsp3) is 0.364. The molecule has 1 atom stereocenters. The molecule has 9 heteroatoms. The summed E-state index contributed by atoms with van der Waals surface area (Å²) in [6.07, 6.45) is 2.66. The Morgan fingerprint density at radius 3 is 2.97 bits per heavy atom. The summed E-state index contributed by atoms with van der Waals surface area (Å²) >= 11 is 3.00. The minimum absolute atomic E-state index is 0.00766. The third-order valence-electron chi connectivity index (χ3n) is 5.33. The molecule has 7 nitrogen and oxygen atoms in total. The number of nitrogens with one attached hydrogen (secondary N) is 2. The highest BCUT2D eigenvalue weighted by Crippen LogP contribution is 2.26. The van der Waals surface area contributed by atoms with Gasteiger partial charge in [-0.2, -0.15) is 0 Å². The van der Waals surface area contributed by atoms with Gasteiger partial charge in [-0.15, -0.1) is 23.1 Å². The Hall–Kier alpha value is -2.65. The third kappa shape index (κ3) is 4.67. The zero-order valence-corrected chi connectivity index (χ0v) is 19.4. The van der Waals surface area contributed by atoms with E-state index >= 15 is 0 Å². The van der Waals surface area contributed by atoms with E-state index in [0.29, 0.717) is 23.5 Å². The van der Waals surface area contributed by atoms with Crippen molar-refractivity contribution >= 4 is 50.3 Å². The summed E-state index contributed by atoms with van der Waals surface area (Å²) in [5.74, 6) is 1.08. The maximum atomic E-state index is 12.4. The smallest absolute Gasteiger partial charge is 0.259 e. The van der Waals surface area contributed by atoms with E-state index in [1.54, 1.807) is 0 Å². The van der Waals surface area contributed by atoms with Crippen LogP contribution in [0.25, 0.3) is 21.3 Å². The molecule has 3 heterocycles. The molecule has 0 saturated heterocycles. The number of rotatable bonds is 8. The molecule has 0 spiro atoms. The van der Waals surface area contributed by atoms with Gasteiger partial charge < -0.3 is 14.9 Å². The van der Waals surface area contributed by atoms with Gasteiger partial charge in [0.2, 0.25) is 5.91 Å². The van der Waals surface area contributed by atoms with Crippen LogP contribution in [-0.4, -0.2) is 37.2 Å². The van der Waals surface area contributed by atoms with Crippen LogP contribution >= 0.6 is 23.1 Å². The summed E-state index contributed by atoms with van der Waals surface area (Å²) in [5, 5.41) is 3.44. The van der Waals surface area contributed by atoms with Crippen molar-refractivity contribution in [2.45, 2.75) is 44.7 Å². The molecule has 4 rings (SSSR count). The number of aromatic nitrogens is 4. The normalized spacial score (nSPS) is 12.5. The molecule has 0 aliphatic rings. The number of para-hydroxylation sites is 2. The van der Waals surface area contributed by atoms with Gasteiger partial charge in [0.25, 0.3) is 5.56 Å². The second-order valence-electron chi connectivity index (χ2n) is 7.50. The van der Waals surface area contributed by atoms with E-state index in [1.165, 1.54) is 23.1 Å². The fourth-order valence-corrected chi connectivity index (χ4v) is 5.27. The average Bonchev–Trinajstić information content (AvgIpc) is 3.30. The molecule has 31 heavy (non-hydrogen) atoms. The minimum atomic E-state index is -0.234. The first kappa shape index (κ1) is 21.6. The Bertz CT molecular complexity index is 1290. The van der Waals surface area contributed by atoms with Crippen LogP contribution in [0, 0.1) is 13.8 Å². The van der Waals surface area contributed by atoms with Crippen LogP contribution in [-0.2, 0) is 17.1 Å². The number of aryl methyl sites for hydroxylation is 3. The molecule has 4 aromatic rings. The average molecular weight is 456 g/mol. The van der Waals surface area contributed by atoms with E-state index in [4.69, 9.17) is 0 Å². The van der Waals surface area contributed by atoms with Crippen LogP contribution in [0.4, 0.5) is 0 Å². The van der Waals surface area contributed by atoms with Crippen molar-refractivity contribution in [2.24, 2.45) is 0 Å². The summed E-state index contributed by atoms with van der Waals surface area (Å²) in [4.78, 5) is 38.5. The van der Waals surface area contributed by atoms with Crippen LogP contribution < -0.4 is 10.9 Å². The highest BCUT2D eigenvalue weighted by atomic mass is 32.2. The first-order valence-electron chi connectivity index (χ1n) is 10.2. The van der Waals surface area contributed by atoms with Gasteiger partial charge in [0.15, 0.2) is 0 Å². The van der Waals surface area contributed by atoms with E-state index in [2.05, 4.69) is 24.8 Å². The summed E-state index contributed by atoms with van der Waals surface area (Å²) < 4.78 is 2.10. The molecule has 1 aromatic carbocycles. The number of thiophene rings is 1. The van der Waals surface area contributed by atoms with Gasteiger partial charge in [-0.25, -0.2) is 9.97 Å². The number of carbonyl (C=O) groups is 1. The van der Waals surface area contributed by atoms with E-state index in [-0.39, 0.29) is 16.7 Å². The van der Waals surface area contributed by atoms with Crippen molar-refractivity contribution < 1.29 is 4.79 Å². The maximum absolute atomic E-state index is 12.4. The van der Waals surface area contributed by atoms with E-state index < -0.39 is 0 Å². The van der Waals surface area contributed by atoms with Crippen LogP contribution in [0.1, 0.15) is 29.6 Å². The Balaban J connectivity index is 1.26. The Kier molecular flexibility index (Phi) is 6.43. The van der Waals surface area contributed by atoms with E-state index in [0.717, 1.165) is 39.3 Å². The van der Waals surface area contributed by atoms with Crippen LogP contribution in [0.15, 0.2) is 35.4 Å². The lowest BCUT2D eigenvalue weighted by molar-refractivity contribution is -0.120. The fourth-order valence-electron chi connectivity index (χ4n) is 3.44. The first-order chi connectivity index (χ1) is 14.9. The Labute approximate surface area is 188 Å². The van der Waals surface area contributed by atoms with Gasteiger partial charge in [-0.1, -0.05) is 12.1 Å². The molecular formula is C22H25N5O2S2. The van der Waals surface area contributed by atoms with Crippen molar-refractivity contribution in [3.05, 3.63) is 57.2 Å². The number of fused-ring (bicyclic) bond motifs is 2. The SMILES string of the molecule is Cc1sc2nc(CSC(C)C(=O)NCCCn3cnc4ccccc43)[nH]c(=O)c2c1C. The van der Waals surface area contributed by atoms with Gasteiger partial charge in [-0.3, -0.25) is 9.59 Å². The number of aromatic amines is 1. The van der Waals surface area contributed by atoms with Crippen molar-refractivity contribution in [3.63, 3.8) is 0 Å². The lowest BCUT2D eigenvalue weighted by Crippen LogP contribution is -2.32. The molecule has 1 unspecified atom stereocenters. The Morgan fingerprint density at radius 1 is 1.32 bits per heavy atom. The lowest BCUT2D eigenvalue weighted by atomic mass is 10.2. The molecular weight excluding hydrogens is 430 g/mol. The van der Waals surface area contributed by atoms with Gasteiger partial charge >= 0.3 is 0 Å². The predicted molar refractivity (Wildman–Crippen MR) is 128 cm³/mol. The van der Waals surface area contributed by atoms with Crippen LogP contribution in [0.2, 0.25) is 0 Å². The highest BCUT2D eigenvalue weighted by Gasteiger charge is 2.16. The third-order valence-corrected chi connectivity index (χ3v) is 7.59. The Morgan fingerprint density at radius 2 is 2.13 bits per heavy atom. The molecule has 0 aliphatic carbocycles. The van der Waals surface area contributed by atoms with Crippen LogP contribution in [0.5, 0.6) is 0 Å². The number of benzene rings is 1. The summed E-state index contributed by atoms with van der Waals surface area (Å²) in [7, 11) is 0. The summed E-state index contributed by atoms with van der Waals surface area (Å²) in [5.41, 5.74) is 2.97. The maximum Gasteiger partial charge on any atom is 0.259 e. The largest absolute Gasteiger partial charge is 0.355 e. The standard InChI is InChI=1S/C22H25N5O2S2/c1-13-14(2)31-22-19(13)21(29)25-18(26-22)11-30-15(3)20(28)23-9-6-10-27-12-24-16-7-4-5-8-17(16)27/h4-5,7-8,12,15H,6,9-11H2,1-3H3,(H,23,28)(H,25,26,29). The van der Waals surface area contributed by atoms with E-state index in [9.17, 15) is 9.59 Å². The first-order valence-corrected chi connectivity index (χ1v) is 12.1. The summed E-state index contributed by atoms with van der Waals surface area (Å²) in [6.45, 7) is 7.22. The second-order valence-corrected chi connectivity index (χ2v) is 10.0. The van der Waals surface area contributed by atoms with E-state index in [1.807, 2.05) is 51.4 Å². The van der Waals surface area contributed by atoms with Gasteiger partial charge in [0.05, 0.1) is 33.7 Å². The molecule has 162 valence electrons. The molecule has 1 amide bonds. The van der Waals surface area contributed by atoms with Gasteiger partial charge in [0.1, 0.15) is 10.7 Å². The number of carbonyl (C=O) groups excluding carboxylic acids is 1. The molecule has 0 aliphatic heterocycles. The zero-order chi connectivity index (χ0) is 22.0. The lowest BCUT2D eigenvalue weighted by Gasteiger charge is -2.12. The number of H-pyrrole nitrogens is 1. The number of amides is 1. The molecule has 0 bridgehead atoms. The number of imidazole rings is 1. The number of thioether (sulfide) groups is 1.